The number of nitrogens with two attached hydrogens (primary N) is 1. The monoisotopic (exact) mass is 427 g/mol. The maximum atomic E-state index is 11.6. The molecule has 1 aliphatic heterocycles. The van der Waals surface area contributed by atoms with Gasteiger partial charge < -0.3 is 21.1 Å². The molecule has 22 heavy (non-hydrogen) atoms. The van der Waals surface area contributed by atoms with Crippen molar-refractivity contribution in [2.45, 2.75) is 20.3 Å². The van der Waals surface area contributed by atoms with Crippen LogP contribution in [0.25, 0.3) is 0 Å². The number of ether oxygens (including phenoxy) is 1. The van der Waals surface area contributed by atoms with Crippen LogP contribution in [0.15, 0.2) is 4.99 Å². The van der Waals surface area contributed by atoms with Crippen LogP contribution in [0.4, 0.5) is 0 Å². The van der Waals surface area contributed by atoms with Gasteiger partial charge in [0.25, 0.3) is 0 Å². The molecule has 7 nitrogen and oxygen atoms in total. The van der Waals surface area contributed by atoms with Crippen molar-refractivity contribution in [2.24, 2.45) is 16.1 Å². The predicted octanol–water partition coefficient (Wildman–Crippen LogP) is 0.00320. The Morgan fingerprint density at radius 1 is 1.36 bits per heavy atom. The highest BCUT2D eigenvalue weighted by atomic mass is 127. The Balaban J connectivity index is 0.00000441. The van der Waals surface area contributed by atoms with Crippen LogP contribution in [0.3, 0.4) is 0 Å². The van der Waals surface area contributed by atoms with E-state index in [4.69, 9.17) is 10.5 Å². The number of hydrogen-bond acceptors (Lipinski definition) is 4. The molecule has 1 heterocycles. The molecule has 0 aromatic carbocycles. The van der Waals surface area contributed by atoms with Crippen molar-refractivity contribution in [3.63, 3.8) is 0 Å². The fourth-order valence-electron chi connectivity index (χ4n) is 2.09. The zero-order chi connectivity index (χ0) is 15.7. The average Bonchev–Trinajstić information content (AvgIpc) is 2.49. The molecule has 1 aliphatic rings. The number of nitrogens with one attached hydrogen (secondary N) is 2. The molecule has 0 aliphatic carbocycles. The van der Waals surface area contributed by atoms with Crippen LogP contribution in [0.1, 0.15) is 20.3 Å². The minimum atomic E-state index is -0.547. The predicted molar refractivity (Wildman–Crippen MR) is 99.6 cm³/mol. The molecule has 8 heteroatoms. The van der Waals surface area contributed by atoms with Crippen LogP contribution in [-0.2, 0) is 9.53 Å². The van der Waals surface area contributed by atoms with Crippen molar-refractivity contribution in [1.82, 2.24) is 15.5 Å². The van der Waals surface area contributed by atoms with Crippen molar-refractivity contribution in [3.05, 3.63) is 0 Å². The molecule has 1 amide bonds. The summed E-state index contributed by atoms with van der Waals surface area (Å²) in [6.45, 7) is 9.54. The molecule has 130 valence electrons. The lowest BCUT2D eigenvalue weighted by Crippen LogP contribution is -2.40. The molecule has 0 spiro atoms. The first-order valence-electron chi connectivity index (χ1n) is 7.52. The summed E-state index contributed by atoms with van der Waals surface area (Å²) in [7, 11) is 1.63. The zero-order valence-electron chi connectivity index (χ0n) is 13.9. The number of aliphatic imine (C=N–C) groups is 1. The second-order valence-corrected chi connectivity index (χ2v) is 5.90. The third-order valence-corrected chi connectivity index (χ3v) is 3.55. The van der Waals surface area contributed by atoms with E-state index < -0.39 is 5.41 Å². The lowest BCUT2D eigenvalue weighted by molar-refractivity contribution is -0.128. The fourth-order valence-corrected chi connectivity index (χ4v) is 2.09. The van der Waals surface area contributed by atoms with Gasteiger partial charge in [-0.1, -0.05) is 0 Å². The fraction of sp³-hybridized carbons (Fsp3) is 0.857. The first-order valence-corrected chi connectivity index (χ1v) is 7.52. The molecular formula is C14H30IN5O2. The van der Waals surface area contributed by atoms with E-state index in [1.54, 1.807) is 7.05 Å². The normalized spacial score (nSPS) is 16.8. The van der Waals surface area contributed by atoms with Crippen LogP contribution in [0.5, 0.6) is 0 Å². The van der Waals surface area contributed by atoms with Crippen molar-refractivity contribution >= 4 is 35.8 Å². The molecular weight excluding hydrogens is 397 g/mol. The molecule has 0 unspecified atom stereocenters. The molecule has 4 N–H and O–H groups in total. The number of hydrogen-bond donors (Lipinski definition) is 3. The van der Waals surface area contributed by atoms with Gasteiger partial charge in [-0.2, -0.15) is 0 Å². The van der Waals surface area contributed by atoms with Crippen molar-refractivity contribution in [3.8, 4) is 0 Å². The van der Waals surface area contributed by atoms with Gasteiger partial charge in [-0.15, -0.1) is 24.0 Å². The van der Waals surface area contributed by atoms with E-state index in [0.29, 0.717) is 12.5 Å². The first kappa shape index (κ1) is 21.4. The topological polar surface area (TPSA) is 92.0 Å². The summed E-state index contributed by atoms with van der Waals surface area (Å²) in [6.07, 6.45) is 1.01. The maximum absolute atomic E-state index is 11.6. The number of carbonyl (C=O) groups excluding carboxylic acids is 1. The zero-order valence-corrected chi connectivity index (χ0v) is 16.2. The average molecular weight is 427 g/mol. The summed E-state index contributed by atoms with van der Waals surface area (Å²) in [6, 6.07) is 0. The van der Waals surface area contributed by atoms with E-state index in [9.17, 15) is 4.79 Å². The second-order valence-electron chi connectivity index (χ2n) is 5.90. The van der Waals surface area contributed by atoms with Gasteiger partial charge >= 0.3 is 0 Å². The summed E-state index contributed by atoms with van der Waals surface area (Å²) >= 11 is 0. The molecule has 0 aromatic rings. The Kier molecular flexibility index (Phi) is 10.7. The summed E-state index contributed by atoms with van der Waals surface area (Å²) < 4.78 is 5.31. The van der Waals surface area contributed by atoms with Gasteiger partial charge in [-0.05, 0) is 26.8 Å². The number of carbonyl (C=O) groups is 1. The lowest BCUT2D eigenvalue weighted by atomic mass is 9.93. The summed E-state index contributed by atoms with van der Waals surface area (Å²) in [5.74, 6) is 0.361. The third-order valence-electron chi connectivity index (χ3n) is 3.55. The lowest BCUT2D eigenvalue weighted by Gasteiger charge is -2.26. The standard InChI is InChI=1S/C14H29N5O2.HI/c1-14(2,12(20)16-3)11-18-13(15)17-5-4-6-19-7-9-21-10-8-19;/h4-11H2,1-3H3,(H,16,20)(H3,15,17,18);1H. The van der Waals surface area contributed by atoms with Gasteiger partial charge in [0.15, 0.2) is 5.96 Å². The van der Waals surface area contributed by atoms with Gasteiger partial charge in [0, 0.05) is 26.7 Å². The number of halogens is 1. The van der Waals surface area contributed by atoms with E-state index in [-0.39, 0.29) is 29.9 Å². The van der Waals surface area contributed by atoms with Gasteiger partial charge in [-0.3, -0.25) is 14.7 Å². The SMILES string of the molecule is CNC(=O)C(C)(C)CN=C(N)NCCCN1CCOCC1.I. The maximum Gasteiger partial charge on any atom is 0.227 e. The van der Waals surface area contributed by atoms with E-state index in [1.165, 1.54) is 0 Å². The Hall–Kier alpha value is -0.610. The Morgan fingerprint density at radius 3 is 2.59 bits per heavy atom. The second kappa shape index (κ2) is 11.0. The molecule has 0 saturated carbocycles. The highest BCUT2D eigenvalue weighted by molar-refractivity contribution is 14.0. The molecule has 0 atom stereocenters. The number of morpholine rings is 1. The van der Waals surface area contributed by atoms with Gasteiger partial charge in [0.1, 0.15) is 0 Å². The molecule has 0 radical (unpaired) electrons. The number of guanidine groups is 1. The number of amides is 1. The van der Waals surface area contributed by atoms with Crippen molar-refractivity contribution < 1.29 is 9.53 Å². The van der Waals surface area contributed by atoms with Crippen LogP contribution >= 0.6 is 24.0 Å². The van der Waals surface area contributed by atoms with E-state index >= 15 is 0 Å². The van der Waals surface area contributed by atoms with Gasteiger partial charge in [0.05, 0.1) is 25.2 Å². The number of nitrogens with zero attached hydrogens (tertiary/aromatic N) is 2. The Labute approximate surface area is 150 Å². The van der Waals surface area contributed by atoms with E-state index in [0.717, 1.165) is 45.8 Å². The van der Waals surface area contributed by atoms with Crippen LogP contribution in [-0.4, -0.2) is 69.8 Å². The highest BCUT2D eigenvalue weighted by Crippen LogP contribution is 2.14. The van der Waals surface area contributed by atoms with Crippen molar-refractivity contribution in [1.29, 1.82) is 0 Å². The summed E-state index contributed by atoms with van der Waals surface area (Å²) in [4.78, 5) is 18.2. The highest BCUT2D eigenvalue weighted by Gasteiger charge is 2.26. The molecule has 1 rings (SSSR count). The summed E-state index contributed by atoms with van der Waals surface area (Å²) in [5.41, 5.74) is 5.27. The molecule has 1 fully saturated rings. The molecule has 1 saturated heterocycles. The molecule has 0 bridgehead atoms. The van der Waals surface area contributed by atoms with Gasteiger partial charge in [0.2, 0.25) is 5.91 Å². The minimum Gasteiger partial charge on any atom is -0.379 e. The van der Waals surface area contributed by atoms with E-state index in [2.05, 4.69) is 20.5 Å². The quantitative estimate of drug-likeness (QED) is 0.230. The van der Waals surface area contributed by atoms with Crippen LogP contribution in [0, 0.1) is 5.41 Å². The number of rotatable bonds is 7. The molecule has 0 aromatic heterocycles. The summed E-state index contributed by atoms with van der Waals surface area (Å²) in [5, 5.41) is 5.72. The van der Waals surface area contributed by atoms with Gasteiger partial charge in [-0.25, -0.2) is 0 Å². The van der Waals surface area contributed by atoms with Crippen molar-refractivity contribution in [2.75, 3.05) is 53.0 Å². The van der Waals surface area contributed by atoms with Crippen LogP contribution in [0.2, 0.25) is 0 Å². The largest absolute Gasteiger partial charge is 0.379 e. The Morgan fingerprint density at radius 2 is 2.00 bits per heavy atom. The minimum absolute atomic E-state index is 0. The van der Waals surface area contributed by atoms with E-state index in [1.807, 2.05) is 13.8 Å². The van der Waals surface area contributed by atoms with Crippen LogP contribution < -0.4 is 16.4 Å². The first-order chi connectivity index (χ1) is 9.95. The Bertz CT molecular complexity index is 357. The smallest absolute Gasteiger partial charge is 0.227 e. The third kappa shape index (κ3) is 8.14.